The first-order chi connectivity index (χ1) is 11.7. The third-order valence-electron chi connectivity index (χ3n) is 3.96. The summed E-state index contributed by atoms with van der Waals surface area (Å²) in [6.45, 7) is 1.64. The number of nitrogens with zero attached hydrogens (tertiary/aromatic N) is 1. The van der Waals surface area contributed by atoms with Gasteiger partial charge in [-0.15, -0.1) is 11.3 Å². The van der Waals surface area contributed by atoms with E-state index in [1.54, 1.807) is 41.7 Å². The quantitative estimate of drug-likeness (QED) is 0.855. The van der Waals surface area contributed by atoms with Crippen molar-refractivity contribution < 1.29 is 9.59 Å². The van der Waals surface area contributed by atoms with Gasteiger partial charge in [0.15, 0.2) is 0 Å². The van der Waals surface area contributed by atoms with E-state index in [2.05, 4.69) is 5.32 Å². The van der Waals surface area contributed by atoms with Gasteiger partial charge in [0.05, 0.1) is 0 Å². The number of benzene rings is 1. The Labute approximate surface area is 145 Å². The Balaban J connectivity index is 1.64. The maximum atomic E-state index is 12.5. The zero-order valence-electron chi connectivity index (χ0n) is 13.4. The Morgan fingerprint density at radius 1 is 1.08 bits per heavy atom. The molecular formula is C19H20N2O2S. The largest absolute Gasteiger partial charge is 0.339 e. The van der Waals surface area contributed by atoms with Gasteiger partial charge in [0, 0.05) is 35.3 Å². The van der Waals surface area contributed by atoms with Crippen LogP contribution in [0.4, 0.5) is 5.69 Å². The highest BCUT2D eigenvalue weighted by Gasteiger charge is 2.18. The number of rotatable bonds is 4. The summed E-state index contributed by atoms with van der Waals surface area (Å²) in [5, 5.41) is 4.78. The minimum atomic E-state index is -0.203. The van der Waals surface area contributed by atoms with Gasteiger partial charge in [-0.25, -0.2) is 0 Å². The molecule has 1 aliphatic heterocycles. The summed E-state index contributed by atoms with van der Waals surface area (Å²) in [4.78, 5) is 27.4. The van der Waals surface area contributed by atoms with Crippen LogP contribution >= 0.6 is 11.3 Å². The molecule has 4 nitrogen and oxygen atoms in total. The lowest BCUT2D eigenvalue weighted by atomic mass is 10.1. The Kier molecular flexibility index (Phi) is 5.43. The van der Waals surface area contributed by atoms with Crippen LogP contribution in [0.2, 0.25) is 0 Å². The molecular weight excluding hydrogens is 320 g/mol. The minimum Gasteiger partial charge on any atom is -0.339 e. The maximum absolute atomic E-state index is 12.5. The molecule has 1 saturated heterocycles. The van der Waals surface area contributed by atoms with E-state index < -0.39 is 0 Å². The van der Waals surface area contributed by atoms with Crippen molar-refractivity contribution in [3.8, 4) is 0 Å². The molecule has 2 amide bonds. The number of anilines is 1. The fourth-order valence-electron chi connectivity index (χ4n) is 2.74. The van der Waals surface area contributed by atoms with Crippen molar-refractivity contribution >= 4 is 34.9 Å². The van der Waals surface area contributed by atoms with Gasteiger partial charge in [-0.1, -0.05) is 12.1 Å². The summed E-state index contributed by atoms with van der Waals surface area (Å²) in [5.74, 6) is -0.161. The number of carbonyl (C=O) groups is 2. The first-order valence-corrected chi connectivity index (χ1v) is 9.02. The van der Waals surface area contributed by atoms with Gasteiger partial charge in [-0.3, -0.25) is 9.59 Å². The van der Waals surface area contributed by atoms with Crippen LogP contribution in [0.25, 0.3) is 6.08 Å². The van der Waals surface area contributed by atoms with Gasteiger partial charge in [0.1, 0.15) is 0 Å². The first-order valence-electron chi connectivity index (χ1n) is 8.14. The van der Waals surface area contributed by atoms with Crippen LogP contribution in [0.1, 0.15) is 34.5 Å². The number of carbonyl (C=O) groups excluding carboxylic acids is 2. The predicted octanol–water partition coefficient (Wildman–Crippen LogP) is 4.03. The molecule has 0 atom stereocenters. The van der Waals surface area contributed by atoms with Crippen LogP contribution in [0, 0.1) is 0 Å². The molecule has 5 heteroatoms. The van der Waals surface area contributed by atoms with E-state index in [9.17, 15) is 9.59 Å². The van der Waals surface area contributed by atoms with Crippen molar-refractivity contribution in [2.45, 2.75) is 19.3 Å². The summed E-state index contributed by atoms with van der Waals surface area (Å²) >= 11 is 1.58. The Morgan fingerprint density at radius 2 is 1.92 bits per heavy atom. The van der Waals surface area contributed by atoms with Crippen molar-refractivity contribution in [3.63, 3.8) is 0 Å². The van der Waals surface area contributed by atoms with Crippen LogP contribution in [-0.2, 0) is 4.79 Å². The van der Waals surface area contributed by atoms with Crippen molar-refractivity contribution in [2.75, 3.05) is 18.4 Å². The lowest BCUT2D eigenvalue weighted by Gasteiger charge is -2.26. The molecule has 2 heterocycles. The Morgan fingerprint density at radius 3 is 2.67 bits per heavy atom. The highest BCUT2D eigenvalue weighted by Crippen LogP contribution is 2.17. The number of piperidine rings is 1. The molecule has 124 valence electrons. The minimum absolute atomic E-state index is 0.0416. The lowest BCUT2D eigenvalue weighted by Crippen LogP contribution is -2.35. The summed E-state index contributed by atoms with van der Waals surface area (Å²) < 4.78 is 0. The van der Waals surface area contributed by atoms with E-state index in [4.69, 9.17) is 0 Å². The van der Waals surface area contributed by atoms with E-state index in [0.29, 0.717) is 11.3 Å². The van der Waals surface area contributed by atoms with Gasteiger partial charge in [0.2, 0.25) is 5.91 Å². The number of hydrogen-bond acceptors (Lipinski definition) is 3. The number of amides is 2. The number of likely N-dealkylation sites (tertiary alicyclic amines) is 1. The average Bonchev–Trinajstić information content (AvgIpc) is 3.14. The average molecular weight is 340 g/mol. The monoisotopic (exact) mass is 340 g/mol. The third-order valence-corrected chi connectivity index (χ3v) is 4.80. The predicted molar refractivity (Wildman–Crippen MR) is 98.2 cm³/mol. The Hall–Kier alpha value is -2.40. The fourth-order valence-corrected chi connectivity index (χ4v) is 3.36. The number of thiophene rings is 1. The van der Waals surface area contributed by atoms with Crippen LogP contribution < -0.4 is 5.32 Å². The summed E-state index contributed by atoms with van der Waals surface area (Å²) in [5.41, 5.74) is 1.26. The van der Waals surface area contributed by atoms with E-state index >= 15 is 0 Å². The van der Waals surface area contributed by atoms with Crippen molar-refractivity contribution in [3.05, 3.63) is 58.3 Å². The van der Waals surface area contributed by atoms with E-state index in [1.165, 1.54) is 12.5 Å². The number of hydrogen-bond donors (Lipinski definition) is 1. The molecule has 0 radical (unpaired) electrons. The molecule has 1 N–H and O–H groups in total. The van der Waals surface area contributed by atoms with Crippen molar-refractivity contribution in [1.29, 1.82) is 0 Å². The second kappa shape index (κ2) is 7.93. The summed E-state index contributed by atoms with van der Waals surface area (Å²) in [7, 11) is 0. The molecule has 2 aromatic rings. The lowest BCUT2D eigenvalue weighted by molar-refractivity contribution is -0.111. The zero-order valence-corrected chi connectivity index (χ0v) is 14.2. The number of nitrogens with one attached hydrogen (secondary N) is 1. The van der Waals surface area contributed by atoms with Gasteiger partial charge in [0.25, 0.3) is 5.91 Å². The van der Waals surface area contributed by atoms with Crippen LogP contribution in [0.15, 0.2) is 47.9 Å². The smallest absolute Gasteiger partial charge is 0.253 e. The van der Waals surface area contributed by atoms with E-state index in [1.807, 2.05) is 22.4 Å². The van der Waals surface area contributed by atoms with Crippen molar-refractivity contribution in [2.24, 2.45) is 0 Å². The summed E-state index contributed by atoms with van der Waals surface area (Å²) in [6.07, 6.45) is 6.61. The van der Waals surface area contributed by atoms with Crippen LogP contribution in [-0.4, -0.2) is 29.8 Å². The molecule has 0 aliphatic carbocycles. The molecule has 1 aliphatic rings. The molecule has 0 bridgehead atoms. The molecule has 24 heavy (non-hydrogen) atoms. The molecule has 0 spiro atoms. The topological polar surface area (TPSA) is 49.4 Å². The zero-order chi connectivity index (χ0) is 16.8. The fraction of sp³-hybridized carbons (Fsp3) is 0.263. The normalized spacial score (nSPS) is 14.8. The van der Waals surface area contributed by atoms with Gasteiger partial charge in [-0.2, -0.15) is 0 Å². The van der Waals surface area contributed by atoms with Crippen LogP contribution in [0.3, 0.4) is 0 Å². The van der Waals surface area contributed by atoms with E-state index in [-0.39, 0.29) is 11.8 Å². The second-order valence-corrected chi connectivity index (χ2v) is 6.75. The van der Waals surface area contributed by atoms with Crippen molar-refractivity contribution in [1.82, 2.24) is 4.90 Å². The van der Waals surface area contributed by atoms with Gasteiger partial charge < -0.3 is 10.2 Å². The Bertz CT molecular complexity index is 732. The first kappa shape index (κ1) is 16.5. The molecule has 3 rings (SSSR count). The SMILES string of the molecule is O=C(/C=C/c1cccs1)Nc1cccc(C(=O)N2CCCCC2)c1. The summed E-state index contributed by atoms with van der Waals surface area (Å²) in [6, 6.07) is 11.0. The second-order valence-electron chi connectivity index (χ2n) is 5.77. The third kappa shape index (κ3) is 4.32. The highest BCUT2D eigenvalue weighted by molar-refractivity contribution is 7.10. The standard InChI is InChI=1S/C19H20N2O2S/c22-18(10-9-17-8-5-13-24-17)20-16-7-4-6-15(14-16)19(23)21-11-2-1-3-12-21/h4-10,13-14H,1-3,11-12H2,(H,20,22)/b10-9+. The van der Waals surface area contributed by atoms with Gasteiger partial charge >= 0.3 is 0 Å². The molecule has 0 unspecified atom stereocenters. The molecule has 1 aromatic heterocycles. The molecule has 1 fully saturated rings. The van der Waals surface area contributed by atoms with Gasteiger partial charge in [-0.05, 0) is 55.0 Å². The molecule has 0 saturated carbocycles. The molecule has 1 aromatic carbocycles. The van der Waals surface area contributed by atoms with Crippen LogP contribution in [0.5, 0.6) is 0 Å². The maximum Gasteiger partial charge on any atom is 0.253 e. The van der Waals surface area contributed by atoms with E-state index in [0.717, 1.165) is 30.8 Å². The highest BCUT2D eigenvalue weighted by atomic mass is 32.1.